The summed E-state index contributed by atoms with van der Waals surface area (Å²) >= 11 is 0. The number of carbonyl (C=O) groups excluding carboxylic acids is 2. The summed E-state index contributed by atoms with van der Waals surface area (Å²) < 4.78 is 1.83. The van der Waals surface area contributed by atoms with E-state index in [1.807, 2.05) is 53.9 Å². The van der Waals surface area contributed by atoms with Crippen molar-refractivity contribution in [2.45, 2.75) is 45.6 Å². The van der Waals surface area contributed by atoms with E-state index in [1.54, 1.807) is 18.2 Å². The van der Waals surface area contributed by atoms with Gasteiger partial charge in [0.05, 0.1) is 22.8 Å². The molecule has 0 bridgehead atoms. The van der Waals surface area contributed by atoms with Crippen LogP contribution in [0.3, 0.4) is 0 Å². The molecule has 194 valence electrons. The van der Waals surface area contributed by atoms with Crippen molar-refractivity contribution in [1.82, 2.24) is 24.6 Å². The number of imidazole rings is 1. The predicted octanol–water partition coefficient (Wildman–Crippen LogP) is 4.76. The largest absolute Gasteiger partial charge is 0.478 e. The first-order chi connectivity index (χ1) is 18.2. The summed E-state index contributed by atoms with van der Waals surface area (Å²) in [6, 6.07) is 12.4. The van der Waals surface area contributed by atoms with Crippen molar-refractivity contribution < 1.29 is 19.5 Å². The third-order valence-electron chi connectivity index (χ3n) is 7.97. The van der Waals surface area contributed by atoms with Crippen molar-refractivity contribution in [2.75, 3.05) is 13.1 Å². The highest BCUT2D eigenvalue weighted by molar-refractivity contribution is 6.00. The molecule has 0 unspecified atom stereocenters. The minimum Gasteiger partial charge on any atom is -0.478 e. The summed E-state index contributed by atoms with van der Waals surface area (Å²) in [6.07, 6.45) is 4.65. The van der Waals surface area contributed by atoms with Gasteiger partial charge in [0.25, 0.3) is 5.91 Å². The number of likely N-dealkylation sites (tertiary alicyclic amines) is 1. The summed E-state index contributed by atoms with van der Waals surface area (Å²) in [7, 11) is 0. The fraction of sp³-hybridized carbons (Fsp3) is 0.345. The number of ketones is 1. The molecule has 1 saturated heterocycles. The van der Waals surface area contributed by atoms with Crippen LogP contribution in [0.2, 0.25) is 0 Å². The number of hydrogen-bond donors (Lipinski definition) is 2. The van der Waals surface area contributed by atoms with Gasteiger partial charge in [-0.05, 0) is 62.3 Å². The monoisotopic (exact) mass is 511 g/mol. The molecule has 2 aliphatic rings. The van der Waals surface area contributed by atoms with E-state index in [1.165, 1.54) is 0 Å². The van der Waals surface area contributed by atoms with Gasteiger partial charge in [-0.15, -0.1) is 0 Å². The molecule has 4 aromatic rings. The smallest absolute Gasteiger partial charge is 0.335 e. The Morgan fingerprint density at radius 3 is 2.58 bits per heavy atom. The number of piperidine rings is 1. The number of aromatic nitrogens is 4. The number of fused-ring (bicyclic) bond motifs is 2. The SMILES string of the molecule is CC(C)n1ncc2c1C(=O)CC1(CCN(C(=O)c3nc4c(-c5cccc(C(=O)O)c5)cccc4[nH]3)CC1)C2. The van der Waals surface area contributed by atoms with Gasteiger partial charge in [-0.25, -0.2) is 9.78 Å². The molecule has 2 aromatic heterocycles. The second kappa shape index (κ2) is 8.93. The van der Waals surface area contributed by atoms with Gasteiger partial charge in [0.1, 0.15) is 5.69 Å². The Morgan fingerprint density at radius 1 is 1.08 bits per heavy atom. The van der Waals surface area contributed by atoms with Crippen molar-refractivity contribution in [1.29, 1.82) is 0 Å². The van der Waals surface area contributed by atoms with Crippen molar-refractivity contribution in [3.8, 4) is 11.1 Å². The average Bonchev–Trinajstić information content (AvgIpc) is 3.53. The van der Waals surface area contributed by atoms with Crippen LogP contribution in [0.5, 0.6) is 0 Å². The van der Waals surface area contributed by atoms with E-state index in [2.05, 4.69) is 15.1 Å². The van der Waals surface area contributed by atoms with Crippen LogP contribution < -0.4 is 0 Å². The zero-order chi connectivity index (χ0) is 26.6. The number of Topliss-reactive ketones (excluding diaryl/α,β-unsaturated/α-hetero) is 1. The standard InChI is InChI=1S/C29H29N5O4/c1-17(2)34-25-20(16-30-34)14-29(15-23(25)35)9-11-33(12-10-29)27(36)26-31-22-8-4-7-21(24(22)32-26)18-5-3-6-19(13-18)28(37)38/h3-8,13,16-17H,9-12,14-15H2,1-2H3,(H,31,32)(H,37,38). The van der Waals surface area contributed by atoms with Gasteiger partial charge in [0, 0.05) is 36.7 Å². The number of H-pyrrole nitrogens is 1. The Morgan fingerprint density at radius 2 is 1.84 bits per heavy atom. The number of amides is 1. The molecule has 3 heterocycles. The van der Waals surface area contributed by atoms with Crippen molar-refractivity contribution >= 4 is 28.7 Å². The molecule has 9 heteroatoms. The maximum absolute atomic E-state index is 13.4. The molecule has 0 radical (unpaired) electrons. The van der Waals surface area contributed by atoms with Gasteiger partial charge >= 0.3 is 5.97 Å². The Hall–Kier alpha value is -4.27. The lowest BCUT2D eigenvalue weighted by molar-refractivity contribution is 0.0508. The molecule has 1 fully saturated rings. The Labute approximate surface area is 219 Å². The van der Waals surface area contributed by atoms with Crippen molar-refractivity contribution in [2.24, 2.45) is 5.41 Å². The van der Waals surface area contributed by atoms with E-state index in [0.29, 0.717) is 30.5 Å². The van der Waals surface area contributed by atoms with E-state index < -0.39 is 5.97 Å². The first kappa shape index (κ1) is 24.1. The second-order valence-corrected chi connectivity index (χ2v) is 10.8. The summed E-state index contributed by atoms with van der Waals surface area (Å²) in [5, 5.41) is 13.8. The molecule has 0 atom stereocenters. The predicted molar refractivity (Wildman–Crippen MR) is 141 cm³/mol. The van der Waals surface area contributed by atoms with Crippen LogP contribution in [0.1, 0.15) is 76.2 Å². The highest BCUT2D eigenvalue weighted by atomic mass is 16.4. The molecule has 1 aliphatic heterocycles. The molecule has 2 aromatic carbocycles. The van der Waals surface area contributed by atoms with E-state index in [0.717, 1.165) is 41.6 Å². The van der Waals surface area contributed by atoms with Crippen LogP contribution in [0, 0.1) is 5.41 Å². The van der Waals surface area contributed by atoms with Crippen LogP contribution in [-0.4, -0.2) is 60.5 Å². The molecule has 1 aliphatic carbocycles. The van der Waals surface area contributed by atoms with Crippen molar-refractivity contribution in [3.05, 3.63) is 71.3 Å². The fourth-order valence-electron chi connectivity index (χ4n) is 5.99. The van der Waals surface area contributed by atoms with E-state index >= 15 is 0 Å². The molecule has 6 rings (SSSR count). The summed E-state index contributed by atoms with van der Waals surface area (Å²) in [4.78, 5) is 47.6. The maximum Gasteiger partial charge on any atom is 0.335 e. The number of nitrogens with one attached hydrogen (secondary N) is 1. The summed E-state index contributed by atoms with van der Waals surface area (Å²) in [5.41, 5.74) is 4.65. The number of hydrogen-bond acceptors (Lipinski definition) is 5. The van der Waals surface area contributed by atoms with E-state index in [9.17, 15) is 19.5 Å². The average molecular weight is 512 g/mol. The lowest BCUT2D eigenvalue weighted by Crippen LogP contribution is -2.46. The minimum absolute atomic E-state index is 0.137. The van der Waals surface area contributed by atoms with Gasteiger partial charge in [0.15, 0.2) is 11.6 Å². The number of carboxylic acid groups (broad SMARTS) is 1. The van der Waals surface area contributed by atoms with Crippen molar-refractivity contribution in [3.63, 3.8) is 0 Å². The van der Waals surface area contributed by atoms with Gasteiger partial charge in [-0.2, -0.15) is 5.10 Å². The Bertz CT molecular complexity index is 1590. The fourth-order valence-corrected chi connectivity index (χ4v) is 5.99. The zero-order valence-electron chi connectivity index (χ0n) is 21.4. The second-order valence-electron chi connectivity index (χ2n) is 10.8. The minimum atomic E-state index is -0.996. The van der Waals surface area contributed by atoms with E-state index in [-0.39, 0.29) is 34.5 Å². The third-order valence-corrected chi connectivity index (χ3v) is 7.97. The number of rotatable bonds is 4. The van der Waals surface area contributed by atoms with E-state index in [4.69, 9.17) is 0 Å². The normalized spacial score (nSPS) is 16.8. The first-order valence-corrected chi connectivity index (χ1v) is 13.0. The summed E-state index contributed by atoms with van der Waals surface area (Å²) in [6.45, 7) is 5.18. The molecule has 38 heavy (non-hydrogen) atoms. The third kappa shape index (κ3) is 3.98. The summed E-state index contributed by atoms with van der Waals surface area (Å²) in [5.74, 6) is -0.756. The molecular formula is C29H29N5O4. The topological polar surface area (TPSA) is 121 Å². The Balaban J connectivity index is 1.21. The Kier molecular flexibility index (Phi) is 5.66. The van der Waals surface area contributed by atoms with Crippen LogP contribution in [-0.2, 0) is 6.42 Å². The van der Waals surface area contributed by atoms with Gasteiger partial charge in [-0.3, -0.25) is 14.3 Å². The number of aromatic carboxylic acids is 1. The number of aromatic amines is 1. The molecular weight excluding hydrogens is 482 g/mol. The van der Waals surface area contributed by atoms with Gasteiger partial charge < -0.3 is 15.0 Å². The quantitative estimate of drug-likeness (QED) is 0.408. The zero-order valence-corrected chi connectivity index (χ0v) is 21.4. The maximum atomic E-state index is 13.4. The van der Waals surface area contributed by atoms with Crippen LogP contribution in [0.15, 0.2) is 48.7 Å². The number of carboxylic acids is 1. The molecule has 0 saturated carbocycles. The molecule has 1 spiro atoms. The van der Waals surface area contributed by atoms with Gasteiger partial charge in [-0.1, -0.05) is 24.3 Å². The lowest BCUT2D eigenvalue weighted by Gasteiger charge is -2.43. The van der Waals surface area contributed by atoms with Crippen LogP contribution in [0.4, 0.5) is 0 Å². The highest BCUT2D eigenvalue weighted by Crippen LogP contribution is 2.44. The highest BCUT2D eigenvalue weighted by Gasteiger charge is 2.43. The number of benzene rings is 2. The number of nitrogens with zero attached hydrogens (tertiary/aromatic N) is 4. The molecule has 1 amide bonds. The molecule has 9 nitrogen and oxygen atoms in total. The van der Waals surface area contributed by atoms with Crippen LogP contribution in [0.25, 0.3) is 22.2 Å². The lowest BCUT2D eigenvalue weighted by atomic mass is 9.67. The number of carbonyl (C=O) groups is 3. The van der Waals surface area contributed by atoms with Gasteiger partial charge in [0.2, 0.25) is 0 Å². The first-order valence-electron chi connectivity index (χ1n) is 13.0. The molecule has 2 N–H and O–H groups in total. The van der Waals surface area contributed by atoms with Crippen LogP contribution >= 0.6 is 0 Å². The number of para-hydroxylation sites is 1.